The maximum atomic E-state index is 12.7. The Bertz CT molecular complexity index is 479. The van der Waals surface area contributed by atoms with E-state index in [4.69, 9.17) is 4.74 Å². The highest BCUT2D eigenvalue weighted by Gasteiger charge is 2.26. The van der Waals surface area contributed by atoms with Crippen LogP contribution in [0.4, 0.5) is 0 Å². The fourth-order valence-corrected chi connectivity index (χ4v) is 2.79. The first-order valence-corrected chi connectivity index (χ1v) is 7.58. The lowest BCUT2D eigenvalue weighted by Gasteiger charge is -2.32. The third kappa shape index (κ3) is 3.06. The SMILES string of the molecule is CCCO[C@@H]1CCCN(C(=O)c2cc(C)n(C)c2C)C1. The summed E-state index contributed by atoms with van der Waals surface area (Å²) in [5, 5.41) is 0. The van der Waals surface area contributed by atoms with Crippen LogP contribution in [0, 0.1) is 13.8 Å². The Morgan fingerprint density at radius 3 is 2.80 bits per heavy atom. The number of aromatic nitrogens is 1. The Morgan fingerprint density at radius 2 is 2.20 bits per heavy atom. The van der Waals surface area contributed by atoms with E-state index in [0.29, 0.717) is 0 Å². The summed E-state index contributed by atoms with van der Waals surface area (Å²) < 4.78 is 7.88. The topological polar surface area (TPSA) is 34.5 Å². The van der Waals surface area contributed by atoms with Crippen LogP contribution in [0.25, 0.3) is 0 Å². The van der Waals surface area contributed by atoms with Gasteiger partial charge in [0.15, 0.2) is 0 Å². The van der Waals surface area contributed by atoms with Gasteiger partial charge in [0.05, 0.1) is 11.7 Å². The molecule has 0 spiro atoms. The molecular formula is C16H26N2O2. The van der Waals surface area contributed by atoms with Crippen molar-refractivity contribution in [1.29, 1.82) is 0 Å². The molecule has 1 aliphatic heterocycles. The molecule has 0 unspecified atom stereocenters. The number of ether oxygens (including phenoxy) is 1. The third-order valence-corrected chi connectivity index (χ3v) is 4.23. The number of hydrogen-bond acceptors (Lipinski definition) is 2. The van der Waals surface area contributed by atoms with E-state index in [0.717, 1.165) is 55.9 Å². The van der Waals surface area contributed by atoms with E-state index < -0.39 is 0 Å². The van der Waals surface area contributed by atoms with Crippen molar-refractivity contribution in [1.82, 2.24) is 9.47 Å². The van der Waals surface area contributed by atoms with E-state index in [1.807, 2.05) is 31.9 Å². The average molecular weight is 278 g/mol. The van der Waals surface area contributed by atoms with Crippen LogP contribution >= 0.6 is 0 Å². The standard InChI is InChI=1S/C16H26N2O2/c1-5-9-20-14-7-6-8-18(11-14)16(19)15-10-12(2)17(4)13(15)3/h10,14H,5-9,11H2,1-4H3/t14-/m1/s1. The number of likely N-dealkylation sites (tertiary alicyclic amines) is 1. The molecule has 1 fully saturated rings. The van der Waals surface area contributed by atoms with Crippen molar-refractivity contribution < 1.29 is 9.53 Å². The number of hydrogen-bond donors (Lipinski definition) is 0. The molecule has 4 nitrogen and oxygen atoms in total. The fourth-order valence-electron chi connectivity index (χ4n) is 2.79. The van der Waals surface area contributed by atoms with Crippen LogP contribution in [-0.4, -0.2) is 41.2 Å². The van der Waals surface area contributed by atoms with Gasteiger partial charge in [-0.15, -0.1) is 0 Å². The molecular weight excluding hydrogens is 252 g/mol. The van der Waals surface area contributed by atoms with Gasteiger partial charge >= 0.3 is 0 Å². The first kappa shape index (κ1) is 15.1. The van der Waals surface area contributed by atoms with E-state index >= 15 is 0 Å². The minimum absolute atomic E-state index is 0.149. The molecule has 1 atom stereocenters. The molecule has 1 saturated heterocycles. The molecule has 4 heteroatoms. The van der Waals surface area contributed by atoms with Gasteiger partial charge in [0.2, 0.25) is 0 Å². The predicted molar refractivity (Wildman–Crippen MR) is 80.1 cm³/mol. The lowest BCUT2D eigenvalue weighted by Crippen LogP contribution is -2.43. The summed E-state index contributed by atoms with van der Waals surface area (Å²) in [5.74, 6) is 0.149. The van der Waals surface area contributed by atoms with Crippen molar-refractivity contribution in [2.75, 3.05) is 19.7 Å². The van der Waals surface area contributed by atoms with Gasteiger partial charge in [-0.25, -0.2) is 0 Å². The molecule has 2 heterocycles. The molecule has 1 aromatic rings. The second kappa shape index (κ2) is 6.44. The molecule has 1 aromatic heterocycles. The molecule has 0 N–H and O–H groups in total. The maximum absolute atomic E-state index is 12.7. The zero-order valence-electron chi connectivity index (χ0n) is 13.1. The number of carbonyl (C=O) groups excluding carboxylic acids is 1. The van der Waals surface area contributed by atoms with E-state index in [1.165, 1.54) is 0 Å². The lowest BCUT2D eigenvalue weighted by molar-refractivity contribution is 0.00208. The van der Waals surface area contributed by atoms with Gasteiger partial charge in [-0.1, -0.05) is 6.92 Å². The summed E-state index contributed by atoms with van der Waals surface area (Å²) >= 11 is 0. The van der Waals surface area contributed by atoms with Gasteiger partial charge in [0, 0.05) is 38.1 Å². The first-order chi connectivity index (χ1) is 9.54. The van der Waals surface area contributed by atoms with Gasteiger partial charge in [-0.05, 0) is 39.2 Å². The summed E-state index contributed by atoms with van der Waals surface area (Å²) in [6.07, 6.45) is 3.33. The molecule has 1 aliphatic rings. The highest BCUT2D eigenvalue weighted by Crippen LogP contribution is 2.20. The number of carbonyl (C=O) groups is 1. The van der Waals surface area contributed by atoms with Crippen LogP contribution in [0.5, 0.6) is 0 Å². The number of amides is 1. The van der Waals surface area contributed by atoms with Crippen LogP contribution in [0.1, 0.15) is 47.9 Å². The monoisotopic (exact) mass is 278 g/mol. The highest BCUT2D eigenvalue weighted by molar-refractivity contribution is 5.95. The Labute approximate surface area is 121 Å². The van der Waals surface area contributed by atoms with Crippen LogP contribution in [0.3, 0.4) is 0 Å². The zero-order valence-corrected chi connectivity index (χ0v) is 13.1. The second-order valence-corrected chi connectivity index (χ2v) is 5.73. The van der Waals surface area contributed by atoms with E-state index in [1.54, 1.807) is 0 Å². The average Bonchev–Trinajstić information content (AvgIpc) is 2.72. The largest absolute Gasteiger partial charge is 0.376 e. The number of rotatable bonds is 4. The van der Waals surface area contributed by atoms with E-state index in [9.17, 15) is 4.79 Å². The summed E-state index contributed by atoms with van der Waals surface area (Å²) in [4.78, 5) is 14.6. The lowest BCUT2D eigenvalue weighted by atomic mass is 10.1. The smallest absolute Gasteiger partial charge is 0.255 e. The maximum Gasteiger partial charge on any atom is 0.255 e. The van der Waals surface area contributed by atoms with Crippen molar-refractivity contribution >= 4 is 5.91 Å². The summed E-state index contributed by atoms with van der Waals surface area (Å²) in [5.41, 5.74) is 3.01. The van der Waals surface area contributed by atoms with Gasteiger partial charge < -0.3 is 14.2 Å². The molecule has 0 radical (unpaired) electrons. The first-order valence-electron chi connectivity index (χ1n) is 7.58. The molecule has 112 valence electrons. The Balaban J connectivity index is 2.06. The molecule has 1 amide bonds. The number of nitrogens with zero attached hydrogens (tertiary/aromatic N) is 2. The fraction of sp³-hybridized carbons (Fsp3) is 0.688. The summed E-state index contributed by atoms with van der Waals surface area (Å²) in [6, 6.07) is 1.99. The van der Waals surface area contributed by atoms with Gasteiger partial charge in [0.25, 0.3) is 5.91 Å². The van der Waals surface area contributed by atoms with Crippen molar-refractivity contribution in [2.24, 2.45) is 7.05 Å². The van der Waals surface area contributed by atoms with E-state index in [2.05, 4.69) is 11.5 Å². The second-order valence-electron chi connectivity index (χ2n) is 5.73. The minimum Gasteiger partial charge on any atom is -0.376 e. The molecule has 0 bridgehead atoms. The highest BCUT2D eigenvalue weighted by atomic mass is 16.5. The van der Waals surface area contributed by atoms with Crippen molar-refractivity contribution in [3.05, 3.63) is 23.0 Å². The zero-order chi connectivity index (χ0) is 14.7. The molecule has 20 heavy (non-hydrogen) atoms. The number of piperidine rings is 1. The molecule has 0 aromatic carbocycles. The van der Waals surface area contributed by atoms with Crippen molar-refractivity contribution in [3.63, 3.8) is 0 Å². The van der Waals surface area contributed by atoms with Gasteiger partial charge in [-0.2, -0.15) is 0 Å². The Hall–Kier alpha value is -1.29. The van der Waals surface area contributed by atoms with Crippen molar-refractivity contribution in [3.8, 4) is 0 Å². The quantitative estimate of drug-likeness (QED) is 0.848. The van der Waals surface area contributed by atoms with Crippen LogP contribution in [0.15, 0.2) is 6.07 Å². The molecule has 2 rings (SSSR count). The van der Waals surface area contributed by atoms with Crippen molar-refractivity contribution in [2.45, 2.75) is 46.1 Å². The Kier molecular flexibility index (Phi) is 4.86. The normalized spacial score (nSPS) is 19.4. The van der Waals surface area contributed by atoms with Gasteiger partial charge in [-0.3, -0.25) is 4.79 Å². The van der Waals surface area contributed by atoms with Crippen LogP contribution < -0.4 is 0 Å². The number of aryl methyl sites for hydroxylation is 1. The van der Waals surface area contributed by atoms with Crippen LogP contribution in [-0.2, 0) is 11.8 Å². The summed E-state index contributed by atoms with van der Waals surface area (Å²) in [7, 11) is 2.00. The Morgan fingerprint density at radius 1 is 1.45 bits per heavy atom. The molecule has 0 aliphatic carbocycles. The minimum atomic E-state index is 0.149. The third-order valence-electron chi connectivity index (χ3n) is 4.23. The summed E-state index contributed by atoms with van der Waals surface area (Å²) in [6.45, 7) is 8.52. The predicted octanol–water partition coefficient (Wildman–Crippen LogP) is 2.67. The van der Waals surface area contributed by atoms with E-state index in [-0.39, 0.29) is 12.0 Å². The molecule has 0 saturated carbocycles. The van der Waals surface area contributed by atoms with Gasteiger partial charge in [0.1, 0.15) is 0 Å². The van der Waals surface area contributed by atoms with Crippen LogP contribution in [0.2, 0.25) is 0 Å².